The van der Waals surface area contributed by atoms with Gasteiger partial charge in [0.2, 0.25) is 0 Å². The molecule has 1 aromatic heterocycles. The fourth-order valence-corrected chi connectivity index (χ4v) is 3.43. The number of rotatable bonds is 8. The summed E-state index contributed by atoms with van der Waals surface area (Å²) in [6.45, 7) is 5.37. The van der Waals surface area contributed by atoms with Crippen LogP contribution in [0.25, 0.3) is 0 Å². The first-order valence-corrected chi connectivity index (χ1v) is 9.69. The van der Waals surface area contributed by atoms with Crippen LogP contribution in [0, 0.1) is 0 Å². The van der Waals surface area contributed by atoms with E-state index in [-0.39, 0.29) is 11.7 Å². The van der Waals surface area contributed by atoms with Crippen LogP contribution in [-0.2, 0) is 23.7 Å². The van der Waals surface area contributed by atoms with Crippen molar-refractivity contribution in [3.8, 4) is 0 Å². The first kappa shape index (κ1) is 22.6. The van der Waals surface area contributed by atoms with Gasteiger partial charge in [-0.3, -0.25) is 14.2 Å². The molecule has 0 unspecified atom stereocenters. The van der Waals surface area contributed by atoms with E-state index in [1.165, 1.54) is 23.9 Å². The van der Waals surface area contributed by atoms with Crippen molar-refractivity contribution in [3.05, 3.63) is 58.6 Å². The Morgan fingerprint density at radius 2 is 1.97 bits per heavy atom. The van der Waals surface area contributed by atoms with E-state index in [1.807, 2.05) is 0 Å². The summed E-state index contributed by atoms with van der Waals surface area (Å²) in [6.07, 6.45) is -1.56. The molecule has 1 aliphatic rings. The average molecular weight is 431 g/mol. The second-order valence-electron chi connectivity index (χ2n) is 7.45. The quantitative estimate of drug-likeness (QED) is 0.628. The topological polar surface area (TPSA) is 118 Å². The van der Waals surface area contributed by atoms with Crippen LogP contribution in [0.3, 0.4) is 0 Å². The summed E-state index contributed by atoms with van der Waals surface area (Å²) < 4.78 is 23.6. The van der Waals surface area contributed by atoms with Gasteiger partial charge in [-0.25, -0.2) is 4.79 Å². The van der Waals surface area contributed by atoms with Crippen LogP contribution in [0.2, 0.25) is 0 Å². The minimum absolute atomic E-state index is 0.103. The van der Waals surface area contributed by atoms with Crippen molar-refractivity contribution in [2.24, 2.45) is 0 Å². The molecule has 10 heteroatoms. The lowest BCUT2D eigenvalue weighted by molar-refractivity contribution is -0.171. The van der Waals surface area contributed by atoms with Gasteiger partial charge in [-0.15, -0.1) is 0 Å². The highest BCUT2D eigenvalue weighted by molar-refractivity contribution is 6.03. The Balaban J connectivity index is 1.85. The predicted molar refractivity (Wildman–Crippen MR) is 109 cm³/mol. The molecule has 10 nitrogen and oxygen atoms in total. The molecule has 2 aromatic rings. The standard InChI is InChI=1S/C21H25N3O7/c1-13(29-12-25)16(28-4)17-19(31-21(2,3)30-17)24-11-10-15(23-20(24)27)22-18(26)14-8-6-5-7-9-14/h5-13,16-17,19H,1-4H3,(H,22,23,26,27)/t13-,16-,17+,19+/m0/s1. The van der Waals surface area contributed by atoms with Crippen molar-refractivity contribution < 1.29 is 28.5 Å². The van der Waals surface area contributed by atoms with Gasteiger partial charge < -0.3 is 24.3 Å². The number of benzene rings is 1. The van der Waals surface area contributed by atoms with Crippen LogP contribution in [0.1, 0.15) is 37.4 Å². The molecule has 0 bridgehead atoms. The number of methoxy groups -OCH3 is 1. The highest BCUT2D eigenvalue weighted by Crippen LogP contribution is 2.37. The van der Waals surface area contributed by atoms with Crippen molar-refractivity contribution in [2.45, 2.75) is 51.1 Å². The van der Waals surface area contributed by atoms with E-state index in [0.29, 0.717) is 12.0 Å². The third kappa shape index (κ3) is 5.16. The van der Waals surface area contributed by atoms with Crippen LogP contribution in [-0.4, -0.2) is 53.1 Å². The summed E-state index contributed by atoms with van der Waals surface area (Å²) in [4.78, 5) is 39.8. The van der Waals surface area contributed by atoms with Crippen molar-refractivity contribution in [1.29, 1.82) is 0 Å². The summed E-state index contributed by atoms with van der Waals surface area (Å²) in [5, 5.41) is 2.59. The van der Waals surface area contributed by atoms with Crippen LogP contribution in [0.4, 0.5) is 5.82 Å². The van der Waals surface area contributed by atoms with E-state index in [1.54, 1.807) is 51.1 Å². The third-order valence-electron chi connectivity index (χ3n) is 4.82. The number of hydrogen-bond acceptors (Lipinski definition) is 8. The highest BCUT2D eigenvalue weighted by atomic mass is 16.8. The number of hydrogen-bond donors (Lipinski definition) is 1. The highest BCUT2D eigenvalue weighted by Gasteiger charge is 2.48. The van der Waals surface area contributed by atoms with Gasteiger partial charge in [0.15, 0.2) is 12.0 Å². The second kappa shape index (κ2) is 9.38. The van der Waals surface area contributed by atoms with Gasteiger partial charge >= 0.3 is 5.69 Å². The van der Waals surface area contributed by atoms with E-state index in [0.717, 1.165) is 0 Å². The fraction of sp³-hybridized carbons (Fsp3) is 0.429. The van der Waals surface area contributed by atoms with E-state index >= 15 is 0 Å². The Kier molecular flexibility index (Phi) is 6.84. The Morgan fingerprint density at radius 3 is 2.58 bits per heavy atom. The van der Waals surface area contributed by atoms with Gasteiger partial charge in [0.05, 0.1) is 0 Å². The van der Waals surface area contributed by atoms with E-state index in [4.69, 9.17) is 18.9 Å². The second-order valence-corrected chi connectivity index (χ2v) is 7.45. The van der Waals surface area contributed by atoms with Gasteiger partial charge in [-0.1, -0.05) is 18.2 Å². The number of amides is 1. The van der Waals surface area contributed by atoms with Crippen molar-refractivity contribution in [2.75, 3.05) is 12.4 Å². The molecule has 1 aromatic carbocycles. The first-order chi connectivity index (χ1) is 14.8. The number of carbonyl (C=O) groups is 2. The molecule has 2 heterocycles. The van der Waals surface area contributed by atoms with Gasteiger partial charge in [-0.2, -0.15) is 4.98 Å². The molecule has 1 fully saturated rings. The number of nitrogens with zero attached hydrogens (tertiary/aromatic N) is 2. The molecule has 0 radical (unpaired) electrons. The van der Waals surface area contributed by atoms with Crippen LogP contribution in [0.5, 0.6) is 0 Å². The maximum absolute atomic E-state index is 12.7. The Labute approximate surface area is 179 Å². The zero-order chi connectivity index (χ0) is 22.6. The maximum atomic E-state index is 12.7. The van der Waals surface area contributed by atoms with Gasteiger partial charge in [0.1, 0.15) is 24.1 Å². The van der Waals surface area contributed by atoms with E-state index < -0.39 is 36.0 Å². The zero-order valence-electron chi connectivity index (χ0n) is 17.7. The molecule has 1 amide bonds. The first-order valence-electron chi connectivity index (χ1n) is 9.69. The lowest BCUT2D eigenvalue weighted by Crippen LogP contribution is -2.45. The molecule has 3 rings (SSSR count). The normalized spacial score (nSPS) is 21.8. The summed E-state index contributed by atoms with van der Waals surface area (Å²) in [6, 6.07) is 10.1. The number of aromatic nitrogens is 2. The number of ether oxygens (including phenoxy) is 4. The van der Waals surface area contributed by atoms with Crippen LogP contribution >= 0.6 is 0 Å². The number of nitrogens with one attached hydrogen (secondary N) is 1. The Bertz CT molecular complexity index is 976. The molecule has 1 N–H and O–H groups in total. The van der Waals surface area contributed by atoms with E-state index in [2.05, 4.69) is 10.3 Å². The SMILES string of the molecule is CO[C@H]([C@H]1OC(C)(C)O[C@H]1n1ccc(NC(=O)c2ccccc2)nc1=O)[C@H](C)OC=O. The molecule has 166 valence electrons. The van der Waals surface area contributed by atoms with Crippen LogP contribution in [0.15, 0.2) is 47.4 Å². The van der Waals surface area contributed by atoms with Crippen LogP contribution < -0.4 is 11.0 Å². The van der Waals surface area contributed by atoms with E-state index in [9.17, 15) is 14.4 Å². The summed E-state index contributed by atoms with van der Waals surface area (Å²) in [7, 11) is 1.45. The lowest BCUT2D eigenvalue weighted by Gasteiger charge is -2.29. The Hall–Kier alpha value is -3.08. The third-order valence-corrected chi connectivity index (χ3v) is 4.82. The van der Waals surface area contributed by atoms with Gasteiger partial charge in [0.25, 0.3) is 12.4 Å². The molecule has 0 aliphatic carbocycles. The maximum Gasteiger partial charge on any atom is 0.351 e. The van der Waals surface area contributed by atoms with Crippen molar-refractivity contribution in [1.82, 2.24) is 9.55 Å². The smallest absolute Gasteiger partial charge is 0.351 e. The average Bonchev–Trinajstić information content (AvgIpc) is 3.04. The van der Waals surface area contributed by atoms with Gasteiger partial charge in [-0.05, 0) is 39.0 Å². The summed E-state index contributed by atoms with van der Waals surface area (Å²) in [5.74, 6) is -1.30. The molecular weight excluding hydrogens is 406 g/mol. The molecule has 0 saturated carbocycles. The summed E-state index contributed by atoms with van der Waals surface area (Å²) >= 11 is 0. The fourth-order valence-electron chi connectivity index (χ4n) is 3.43. The van der Waals surface area contributed by atoms with Gasteiger partial charge in [0, 0.05) is 18.9 Å². The molecule has 0 spiro atoms. The number of anilines is 1. The summed E-state index contributed by atoms with van der Waals surface area (Å²) in [5.41, 5.74) is -0.212. The molecule has 31 heavy (non-hydrogen) atoms. The monoisotopic (exact) mass is 431 g/mol. The molecule has 1 aliphatic heterocycles. The minimum atomic E-state index is -1.02. The van der Waals surface area contributed by atoms with Crippen molar-refractivity contribution in [3.63, 3.8) is 0 Å². The number of carbonyl (C=O) groups excluding carboxylic acids is 2. The zero-order valence-corrected chi connectivity index (χ0v) is 17.7. The molecule has 1 saturated heterocycles. The van der Waals surface area contributed by atoms with Crippen molar-refractivity contribution >= 4 is 18.2 Å². The predicted octanol–water partition coefficient (Wildman–Crippen LogP) is 1.72. The minimum Gasteiger partial charge on any atom is -0.462 e. The lowest BCUT2D eigenvalue weighted by atomic mass is 10.1. The molecular formula is C21H25N3O7. The largest absolute Gasteiger partial charge is 0.462 e. The molecule has 4 atom stereocenters. The Morgan fingerprint density at radius 1 is 1.26 bits per heavy atom.